The molecule has 18 heavy (non-hydrogen) atoms. The minimum absolute atomic E-state index is 0.0967. The van der Waals surface area contributed by atoms with Gasteiger partial charge >= 0.3 is 0 Å². The molecule has 1 rings (SSSR count). The second-order valence-electron chi connectivity index (χ2n) is 4.95. The summed E-state index contributed by atoms with van der Waals surface area (Å²) in [4.78, 5) is 4.24. The largest absolute Gasteiger partial charge is 0.481 e. The molecule has 0 aliphatic heterocycles. The molecule has 2 atom stereocenters. The molecule has 1 heterocycles. The average molecular weight is 335 g/mol. The molecule has 6 heteroatoms. The third kappa shape index (κ3) is 4.03. The van der Waals surface area contributed by atoms with Crippen LogP contribution in [0.5, 0.6) is 5.88 Å². The Morgan fingerprint density at radius 2 is 2.06 bits per heavy atom. The van der Waals surface area contributed by atoms with Gasteiger partial charge in [0.1, 0.15) is 4.60 Å². The molecule has 0 bridgehead atoms. The highest BCUT2D eigenvalue weighted by atomic mass is 79.9. The van der Waals surface area contributed by atoms with Crippen LogP contribution in [0.15, 0.2) is 16.7 Å². The average Bonchev–Trinajstić information content (AvgIpc) is 2.27. The Morgan fingerprint density at radius 1 is 1.44 bits per heavy atom. The molecule has 0 spiro atoms. The van der Waals surface area contributed by atoms with Crippen molar-refractivity contribution >= 4 is 26.9 Å². The van der Waals surface area contributed by atoms with Gasteiger partial charge in [0.25, 0.3) is 0 Å². The predicted molar refractivity (Wildman–Crippen MR) is 77.9 cm³/mol. The number of pyridine rings is 1. The third-order valence-corrected chi connectivity index (χ3v) is 4.48. The van der Waals surface area contributed by atoms with Crippen molar-refractivity contribution in [1.82, 2.24) is 9.71 Å². The van der Waals surface area contributed by atoms with E-state index in [0.717, 1.165) is 5.56 Å². The molecule has 0 radical (unpaired) electrons. The summed E-state index contributed by atoms with van der Waals surface area (Å²) in [5.74, 6) is 0.537. The molecule has 0 saturated carbocycles. The van der Waals surface area contributed by atoms with Crippen molar-refractivity contribution in [3.63, 3.8) is 0 Å². The maximum absolute atomic E-state index is 12.0. The molecule has 4 nitrogen and oxygen atoms in total. The van der Waals surface area contributed by atoms with E-state index < -0.39 is 11.0 Å². The van der Waals surface area contributed by atoms with Crippen LogP contribution in [0.1, 0.15) is 39.3 Å². The second-order valence-corrected chi connectivity index (χ2v) is 7.76. The summed E-state index contributed by atoms with van der Waals surface area (Å²) in [5.41, 5.74) is 0.887. The van der Waals surface area contributed by atoms with Gasteiger partial charge in [-0.3, -0.25) is 0 Å². The number of rotatable bonds is 4. The van der Waals surface area contributed by atoms with Crippen molar-refractivity contribution in [3.8, 4) is 5.88 Å². The molecule has 0 aliphatic rings. The molecular formula is C12H19BrN2O2S. The van der Waals surface area contributed by atoms with Gasteiger partial charge in [0.2, 0.25) is 5.88 Å². The first-order valence-corrected chi connectivity index (χ1v) is 7.58. The van der Waals surface area contributed by atoms with Gasteiger partial charge in [0.15, 0.2) is 0 Å². The van der Waals surface area contributed by atoms with Crippen molar-refractivity contribution in [3.05, 3.63) is 22.3 Å². The highest BCUT2D eigenvalue weighted by Gasteiger charge is 2.23. The lowest BCUT2D eigenvalue weighted by molar-refractivity contribution is 0.387. The highest BCUT2D eigenvalue weighted by molar-refractivity contribution is 9.10. The number of methoxy groups -OCH3 is 1. The number of hydrogen-bond donors (Lipinski definition) is 1. The van der Waals surface area contributed by atoms with Crippen LogP contribution in [0.3, 0.4) is 0 Å². The van der Waals surface area contributed by atoms with E-state index in [-0.39, 0.29) is 10.8 Å². The summed E-state index contributed by atoms with van der Waals surface area (Å²) in [5, 5.41) is 0. The lowest BCUT2D eigenvalue weighted by Crippen LogP contribution is -2.35. The second kappa shape index (κ2) is 6.12. The standard InChI is InChI=1S/C12H19BrN2O2S/c1-8(15-18(16)12(2,3)4)9-6-7-10(13)14-11(9)17-5/h6-8,15H,1-5H3/t8-,18+/m0/s1. The summed E-state index contributed by atoms with van der Waals surface area (Å²) < 4.78 is 20.8. The van der Waals surface area contributed by atoms with Crippen LogP contribution < -0.4 is 9.46 Å². The number of halogens is 1. The van der Waals surface area contributed by atoms with Crippen molar-refractivity contribution in [2.24, 2.45) is 0 Å². The van der Waals surface area contributed by atoms with Gasteiger partial charge in [0.05, 0.1) is 22.8 Å². The summed E-state index contributed by atoms with van der Waals surface area (Å²) in [7, 11) is 0.447. The zero-order chi connectivity index (χ0) is 13.9. The van der Waals surface area contributed by atoms with Gasteiger partial charge in [-0.2, -0.15) is 0 Å². The molecule has 1 aromatic rings. The normalized spacial score (nSPS) is 15.2. The van der Waals surface area contributed by atoms with Crippen LogP contribution in [0.2, 0.25) is 0 Å². The molecule has 0 aromatic carbocycles. The lowest BCUT2D eigenvalue weighted by atomic mass is 10.1. The first kappa shape index (κ1) is 15.6. The first-order valence-electron chi connectivity index (χ1n) is 5.64. The molecule has 0 unspecified atom stereocenters. The number of aromatic nitrogens is 1. The van der Waals surface area contributed by atoms with E-state index in [2.05, 4.69) is 25.6 Å². The van der Waals surface area contributed by atoms with Crippen LogP contribution in [-0.2, 0) is 11.0 Å². The van der Waals surface area contributed by atoms with E-state index in [4.69, 9.17) is 4.74 Å². The van der Waals surface area contributed by atoms with Crippen molar-refractivity contribution in [2.45, 2.75) is 38.5 Å². The minimum atomic E-state index is -1.13. The van der Waals surface area contributed by atoms with Gasteiger partial charge in [-0.05, 0) is 55.8 Å². The van der Waals surface area contributed by atoms with Gasteiger partial charge in [0, 0.05) is 11.6 Å². The molecule has 0 aliphatic carbocycles. The van der Waals surface area contributed by atoms with E-state index in [1.807, 2.05) is 39.8 Å². The smallest absolute Gasteiger partial charge is 0.218 e. The molecule has 0 saturated heterocycles. The topological polar surface area (TPSA) is 51.2 Å². The molecule has 1 aromatic heterocycles. The number of nitrogens with zero attached hydrogens (tertiary/aromatic N) is 1. The van der Waals surface area contributed by atoms with Crippen LogP contribution in [0.4, 0.5) is 0 Å². The molecule has 0 fully saturated rings. The number of ether oxygens (including phenoxy) is 1. The predicted octanol–water partition coefficient (Wildman–Crippen LogP) is 2.97. The summed E-state index contributed by atoms with van der Waals surface area (Å²) >= 11 is 3.30. The fraction of sp³-hybridized carbons (Fsp3) is 0.583. The minimum Gasteiger partial charge on any atom is -0.481 e. The Morgan fingerprint density at radius 3 is 2.56 bits per heavy atom. The van der Waals surface area contributed by atoms with Crippen molar-refractivity contribution in [1.29, 1.82) is 0 Å². The molecule has 1 N–H and O–H groups in total. The fourth-order valence-corrected chi connectivity index (χ4v) is 2.42. The van der Waals surface area contributed by atoms with Crippen molar-refractivity contribution in [2.75, 3.05) is 7.11 Å². The lowest BCUT2D eigenvalue weighted by Gasteiger charge is -2.22. The summed E-state index contributed by atoms with van der Waals surface area (Å²) in [6.45, 7) is 7.73. The first-order chi connectivity index (χ1) is 8.25. The highest BCUT2D eigenvalue weighted by Crippen LogP contribution is 2.26. The maximum atomic E-state index is 12.0. The molecular weight excluding hydrogens is 316 g/mol. The van der Waals surface area contributed by atoms with Crippen LogP contribution in [-0.4, -0.2) is 21.0 Å². The van der Waals surface area contributed by atoms with E-state index >= 15 is 0 Å². The van der Waals surface area contributed by atoms with Crippen LogP contribution in [0.25, 0.3) is 0 Å². The maximum Gasteiger partial charge on any atom is 0.218 e. The Bertz CT molecular complexity index is 446. The summed E-state index contributed by atoms with van der Waals surface area (Å²) in [6, 6.07) is 3.66. The SMILES string of the molecule is COc1nc(Br)ccc1[C@H](C)N[S@](=O)C(C)(C)C. The Hall–Kier alpha value is -0.460. The monoisotopic (exact) mass is 334 g/mol. The van der Waals surface area contributed by atoms with E-state index in [1.165, 1.54) is 0 Å². The summed E-state index contributed by atoms with van der Waals surface area (Å²) in [6.07, 6.45) is 0. The van der Waals surface area contributed by atoms with Crippen LogP contribution >= 0.6 is 15.9 Å². The molecule has 0 amide bonds. The number of nitrogens with one attached hydrogen (secondary N) is 1. The van der Waals surface area contributed by atoms with E-state index in [1.54, 1.807) is 7.11 Å². The van der Waals surface area contributed by atoms with E-state index in [0.29, 0.717) is 10.5 Å². The Kier molecular flexibility index (Phi) is 5.31. The van der Waals surface area contributed by atoms with Gasteiger partial charge < -0.3 is 4.74 Å². The van der Waals surface area contributed by atoms with Gasteiger partial charge in [-0.25, -0.2) is 13.9 Å². The van der Waals surface area contributed by atoms with Crippen LogP contribution in [0, 0.1) is 0 Å². The fourth-order valence-electron chi connectivity index (χ4n) is 1.32. The van der Waals surface area contributed by atoms with Crippen molar-refractivity contribution < 1.29 is 8.95 Å². The molecule has 102 valence electrons. The Balaban J connectivity index is 2.91. The Labute approximate surface area is 119 Å². The quantitative estimate of drug-likeness (QED) is 0.861. The zero-order valence-electron chi connectivity index (χ0n) is 11.3. The van der Waals surface area contributed by atoms with Gasteiger partial charge in [-0.15, -0.1) is 0 Å². The number of hydrogen-bond acceptors (Lipinski definition) is 3. The van der Waals surface area contributed by atoms with E-state index in [9.17, 15) is 4.21 Å². The van der Waals surface area contributed by atoms with Gasteiger partial charge in [-0.1, -0.05) is 0 Å². The zero-order valence-corrected chi connectivity index (χ0v) is 13.7. The third-order valence-electron chi connectivity index (χ3n) is 2.36.